The molecule has 11 heteroatoms. The highest BCUT2D eigenvalue weighted by atomic mass is 32.2. The third-order valence-electron chi connectivity index (χ3n) is 5.84. The number of sulfone groups is 1. The number of carboxylic acid groups (broad SMARTS) is 1. The first-order valence-corrected chi connectivity index (χ1v) is 12.5. The number of nitrogens with one attached hydrogen (secondary N) is 1. The number of amides is 1. The van der Waals surface area contributed by atoms with Gasteiger partial charge in [0.05, 0.1) is 21.5 Å². The topological polar surface area (TPSA) is 165 Å². The fourth-order valence-electron chi connectivity index (χ4n) is 3.78. The summed E-state index contributed by atoms with van der Waals surface area (Å²) in [6.07, 6.45) is 6.62. The summed E-state index contributed by atoms with van der Waals surface area (Å²) < 4.78 is 25.9. The van der Waals surface area contributed by atoms with Gasteiger partial charge in [0, 0.05) is 36.7 Å². The third-order valence-corrected chi connectivity index (χ3v) is 8.12. The van der Waals surface area contributed by atoms with Crippen LogP contribution in [0.4, 0.5) is 27.8 Å². The summed E-state index contributed by atoms with van der Waals surface area (Å²) in [5.41, 5.74) is 14.9. The van der Waals surface area contributed by atoms with E-state index in [1.165, 1.54) is 17.0 Å². The van der Waals surface area contributed by atoms with Crippen molar-refractivity contribution >= 4 is 51.1 Å². The molecule has 1 amide bonds. The van der Waals surface area contributed by atoms with Gasteiger partial charge in [-0.3, -0.25) is 0 Å². The predicted molar refractivity (Wildman–Crippen MR) is 136 cm³/mol. The molecule has 2 heterocycles. The molecule has 10 nitrogen and oxygen atoms in total. The maximum absolute atomic E-state index is 12.9. The van der Waals surface area contributed by atoms with Gasteiger partial charge in [0.15, 0.2) is 9.84 Å². The maximum Gasteiger partial charge on any atom is 0.407 e. The van der Waals surface area contributed by atoms with E-state index in [9.17, 15) is 13.2 Å². The number of likely N-dealkylation sites (tertiary alicyclic amines) is 1. The van der Waals surface area contributed by atoms with Crippen molar-refractivity contribution < 1.29 is 18.3 Å². The second-order valence-corrected chi connectivity index (χ2v) is 10.5. The Hall–Kier alpha value is -4.12. The summed E-state index contributed by atoms with van der Waals surface area (Å²) in [4.78, 5) is 21.1. The van der Waals surface area contributed by atoms with Crippen LogP contribution in [0.1, 0.15) is 24.0 Å². The monoisotopic (exact) mass is 494 g/mol. The van der Waals surface area contributed by atoms with Crippen molar-refractivity contribution in [2.24, 2.45) is 0 Å². The summed E-state index contributed by atoms with van der Waals surface area (Å²) in [7, 11) is -3.54. The fourth-order valence-corrected chi connectivity index (χ4v) is 5.52. The standard InChI is InChI=1S/C24H26N6O4S/c25-21-8-3-16(13-22(21)26)1-2-17-14-27-23(28-15-17)29-18-4-6-19(7-5-18)35(33,34)20-9-11-30(12-10-20)24(31)32/h1-8,13-15,20H,9-12,25-26H2,(H,31,32)(H,27,28,29). The summed E-state index contributed by atoms with van der Waals surface area (Å²) in [5.74, 6) is 0.371. The lowest BCUT2D eigenvalue weighted by atomic mass is 10.1. The van der Waals surface area contributed by atoms with Crippen LogP contribution in [0.2, 0.25) is 0 Å². The molecule has 1 aromatic heterocycles. The van der Waals surface area contributed by atoms with E-state index in [0.29, 0.717) is 23.0 Å². The number of anilines is 4. The van der Waals surface area contributed by atoms with Gasteiger partial charge in [-0.2, -0.15) is 0 Å². The Morgan fingerprint density at radius 1 is 0.971 bits per heavy atom. The molecule has 0 radical (unpaired) electrons. The molecule has 6 N–H and O–H groups in total. The van der Waals surface area contributed by atoms with Crippen LogP contribution in [0.3, 0.4) is 0 Å². The van der Waals surface area contributed by atoms with Gasteiger partial charge >= 0.3 is 6.09 Å². The Kier molecular flexibility index (Phi) is 6.87. The van der Waals surface area contributed by atoms with Gasteiger partial charge < -0.3 is 26.8 Å². The smallest absolute Gasteiger partial charge is 0.407 e. The van der Waals surface area contributed by atoms with Crippen LogP contribution in [0.5, 0.6) is 0 Å². The lowest BCUT2D eigenvalue weighted by molar-refractivity contribution is 0.136. The molecule has 1 fully saturated rings. The zero-order chi connectivity index (χ0) is 25.0. The van der Waals surface area contributed by atoms with Crippen LogP contribution in [0.15, 0.2) is 59.8 Å². The van der Waals surface area contributed by atoms with E-state index in [1.54, 1.807) is 36.7 Å². The fraction of sp³-hybridized carbons (Fsp3) is 0.208. The normalized spacial score (nSPS) is 14.8. The minimum atomic E-state index is -3.54. The molecule has 1 aliphatic rings. The van der Waals surface area contributed by atoms with E-state index in [2.05, 4.69) is 15.3 Å². The lowest BCUT2D eigenvalue weighted by Crippen LogP contribution is -2.41. The van der Waals surface area contributed by atoms with E-state index in [-0.39, 0.29) is 30.8 Å². The SMILES string of the molecule is Nc1ccc(C=Cc2cnc(Nc3ccc(S(=O)(=O)C4CCN(C(=O)O)CC4)cc3)nc2)cc1N. The van der Waals surface area contributed by atoms with Crippen molar-refractivity contribution in [1.82, 2.24) is 14.9 Å². The summed E-state index contributed by atoms with van der Waals surface area (Å²) in [6.45, 7) is 0.435. The maximum atomic E-state index is 12.9. The number of hydrogen-bond acceptors (Lipinski definition) is 8. The molecule has 35 heavy (non-hydrogen) atoms. The molecule has 0 bridgehead atoms. The number of rotatable bonds is 6. The molecular weight excluding hydrogens is 468 g/mol. The van der Waals surface area contributed by atoms with Gasteiger partial charge in [-0.25, -0.2) is 23.2 Å². The Morgan fingerprint density at radius 2 is 1.60 bits per heavy atom. The summed E-state index contributed by atoms with van der Waals surface area (Å²) in [6, 6.07) is 11.8. The second-order valence-electron chi connectivity index (χ2n) is 8.23. The zero-order valence-electron chi connectivity index (χ0n) is 18.8. The first-order chi connectivity index (χ1) is 16.7. The van der Waals surface area contributed by atoms with E-state index in [0.717, 1.165) is 11.1 Å². The molecule has 0 atom stereocenters. The molecular formula is C24H26N6O4S. The highest BCUT2D eigenvalue weighted by Crippen LogP contribution is 2.26. The Balaban J connectivity index is 1.37. The van der Waals surface area contributed by atoms with Crippen LogP contribution in [0, 0.1) is 0 Å². The highest BCUT2D eigenvalue weighted by molar-refractivity contribution is 7.92. The summed E-state index contributed by atoms with van der Waals surface area (Å²) >= 11 is 0. The lowest BCUT2D eigenvalue weighted by Gasteiger charge is -2.29. The van der Waals surface area contributed by atoms with E-state index in [1.807, 2.05) is 18.2 Å². The van der Waals surface area contributed by atoms with Crippen LogP contribution in [-0.4, -0.2) is 52.8 Å². The molecule has 4 rings (SSSR count). The van der Waals surface area contributed by atoms with E-state index in [4.69, 9.17) is 16.6 Å². The third kappa shape index (κ3) is 5.69. The number of nitrogens with zero attached hydrogens (tertiary/aromatic N) is 3. The number of aromatic nitrogens is 2. The average molecular weight is 495 g/mol. The van der Waals surface area contributed by atoms with Crippen molar-refractivity contribution in [3.63, 3.8) is 0 Å². The van der Waals surface area contributed by atoms with Gasteiger partial charge in [-0.05, 0) is 54.8 Å². The van der Waals surface area contributed by atoms with E-state index >= 15 is 0 Å². The average Bonchev–Trinajstić information content (AvgIpc) is 2.86. The quantitative estimate of drug-likeness (QED) is 0.375. The molecule has 1 saturated heterocycles. The van der Waals surface area contributed by atoms with Crippen LogP contribution in [-0.2, 0) is 9.84 Å². The zero-order valence-corrected chi connectivity index (χ0v) is 19.6. The van der Waals surface area contributed by atoms with Crippen molar-refractivity contribution in [2.45, 2.75) is 23.0 Å². The number of benzene rings is 2. The van der Waals surface area contributed by atoms with Gasteiger partial charge in [-0.1, -0.05) is 18.2 Å². The Labute approximate surface area is 203 Å². The number of carbonyl (C=O) groups is 1. The largest absolute Gasteiger partial charge is 0.465 e. The predicted octanol–water partition coefficient (Wildman–Crippen LogP) is 3.47. The van der Waals surface area contributed by atoms with Crippen molar-refractivity contribution in [3.05, 3.63) is 66.0 Å². The second kappa shape index (κ2) is 10.0. The number of hydrogen-bond donors (Lipinski definition) is 4. The first kappa shape index (κ1) is 24.0. The van der Waals surface area contributed by atoms with Gasteiger partial charge in [-0.15, -0.1) is 0 Å². The highest BCUT2D eigenvalue weighted by Gasteiger charge is 2.32. The van der Waals surface area contributed by atoms with Crippen LogP contribution in [0.25, 0.3) is 12.2 Å². The molecule has 0 aliphatic carbocycles. The number of nitrogen functional groups attached to an aromatic ring is 2. The van der Waals surface area contributed by atoms with Crippen LogP contribution >= 0.6 is 0 Å². The van der Waals surface area contributed by atoms with Crippen molar-refractivity contribution in [2.75, 3.05) is 29.9 Å². The van der Waals surface area contributed by atoms with Gasteiger partial charge in [0.2, 0.25) is 5.95 Å². The molecule has 0 saturated carbocycles. The van der Waals surface area contributed by atoms with Crippen molar-refractivity contribution in [1.29, 1.82) is 0 Å². The number of piperidine rings is 1. The van der Waals surface area contributed by atoms with E-state index < -0.39 is 21.2 Å². The molecule has 182 valence electrons. The van der Waals surface area contributed by atoms with Crippen molar-refractivity contribution in [3.8, 4) is 0 Å². The Bertz CT molecular complexity index is 1330. The Morgan fingerprint density at radius 3 is 2.20 bits per heavy atom. The molecule has 3 aromatic rings. The van der Waals surface area contributed by atoms with Gasteiger partial charge in [0.1, 0.15) is 0 Å². The number of nitrogens with two attached hydrogens (primary N) is 2. The van der Waals surface area contributed by atoms with Gasteiger partial charge in [0.25, 0.3) is 0 Å². The minimum absolute atomic E-state index is 0.210. The minimum Gasteiger partial charge on any atom is -0.465 e. The summed E-state index contributed by atoms with van der Waals surface area (Å²) in [5, 5.41) is 11.5. The molecule has 0 spiro atoms. The van der Waals surface area contributed by atoms with Crippen LogP contribution < -0.4 is 16.8 Å². The first-order valence-electron chi connectivity index (χ1n) is 11.0. The molecule has 0 unspecified atom stereocenters. The molecule has 2 aromatic carbocycles. The molecule has 1 aliphatic heterocycles.